The van der Waals surface area contributed by atoms with Crippen molar-refractivity contribution in [2.75, 3.05) is 10.8 Å². The molecule has 1 saturated carbocycles. The summed E-state index contributed by atoms with van der Waals surface area (Å²) >= 11 is 12.5. The SMILES string of the molecule is CC[C@H](C(=O)NC1CCCCC1)N(Cc1ccc(Cl)c(Cl)c1)C(=O)CN(c1ccc(C(C)C)cc1)S(=O)(=O)c1ccc(C)cc1. The van der Waals surface area contributed by atoms with E-state index < -0.39 is 28.5 Å². The Kier molecular flexibility index (Phi) is 12.0. The normalized spacial score (nSPS) is 14.6. The number of hydrogen-bond donors (Lipinski definition) is 1. The van der Waals surface area contributed by atoms with Gasteiger partial charge in [0.2, 0.25) is 11.8 Å². The Morgan fingerprint density at radius 3 is 2.13 bits per heavy atom. The summed E-state index contributed by atoms with van der Waals surface area (Å²) in [6.07, 6.45) is 5.40. The van der Waals surface area contributed by atoms with Gasteiger partial charge >= 0.3 is 0 Å². The standard InChI is InChI=1S/C35H43Cl2N3O4S/c1-5-33(35(42)38-28-9-7-6-8-10-28)39(22-26-13-20-31(36)32(37)21-26)34(41)23-40(29-16-14-27(15-17-29)24(2)3)45(43,44)30-18-11-25(4)12-19-30/h11-21,24,28,33H,5-10,22-23H2,1-4H3,(H,38,42)/t33-/m1/s1. The number of carbonyl (C=O) groups excluding carboxylic acids is 2. The fraction of sp³-hybridized carbons (Fsp3) is 0.429. The minimum Gasteiger partial charge on any atom is -0.352 e. The van der Waals surface area contributed by atoms with Crippen LogP contribution in [0.2, 0.25) is 10.0 Å². The number of anilines is 1. The molecule has 2 amide bonds. The fourth-order valence-corrected chi connectivity index (χ4v) is 7.43. The molecule has 0 heterocycles. The van der Waals surface area contributed by atoms with Crippen molar-refractivity contribution in [3.05, 3.63) is 93.5 Å². The Balaban J connectivity index is 1.73. The number of rotatable bonds is 12. The topological polar surface area (TPSA) is 86.8 Å². The van der Waals surface area contributed by atoms with E-state index in [2.05, 4.69) is 19.2 Å². The third-order valence-corrected chi connectivity index (χ3v) is 10.9. The lowest BCUT2D eigenvalue weighted by molar-refractivity contribution is -0.140. The molecule has 0 radical (unpaired) electrons. The van der Waals surface area contributed by atoms with Gasteiger partial charge in [0.25, 0.3) is 10.0 Å². The van der Waals surface area contributed by atoms with Gasteiger partial charge in [-0.3, -0.25) is 13.9 Å². The van der Waals surface area contributed by atoms with E-state index in [0.717, 1.165) is 47.5 Å². The van der Waals surface area contributed by atoms with Gasteiger partial charge in [-0.1, -0.05) is 99.1 Å². The van der Waals surface area contributed by atoms with Crippen LogP contribution in [0.15, 0.2) is 71.6 Å². The smallest absolute Gasteiger partial charge is 0.264 e. The highest BCUT2D eigenvalue weighted by Gasteiger charge is 2.34. The molecule has 0 unspecified atom stereocenters. The molecule has 7 nitrogen and oxygen atoms in total. The number of aryl methyl sites for hydroxylation is 1. The van der Waals surface area contributed by atoms with Crippen molar-refractivity contribution >= 4 is 50.7 Å². The van der Waals surface area contributed by atoms with Crippen molar-refractivity contribution in [1.82, 2.24) is 10.2 Å². The molecule has 1 aliphatic rings. The second-order valence-electron chi connectivity index (χ2n) is 12.1. The van der Waals surface area contributed by atoms with Crippen molar-refractivity contribution in [3.8, 4) is 0 Å². The van der Waals surface area contributed by atoms with E-state index in [1.54, 1.807) is 54.6 Å². The first-order valence-corrected chi connectivity index (χ1v) is 17.8. The fourth-order valence-electron chi connectivity index (χ4n) is 5.69. The molecule has 0 bridgehead atoms. The quantitative estimate of drug-likeness (QED) is 0.212. The van der Waals surface area contributed by atoms with Gasteiger partial charge in [-0.2, -0.15) is 0 Å². The van der Waals surface area contributed by atoms with Crippen LogP contribution in [0.1, 0.15) is 81.9 Å². The van der Waals surface area contributed by atoms with Crippen LogP contribution in [0.4, 0.5) is 5.69 Å². The van der Waals surface area contributed by atoms with Gasteiger partial charge < -0.3 is 10.2 Å². The average Bonchev–Trinajstić information content (AvgIpc) is 3.02. The second-order valence-corrected chi connectivity index (χ2v) is 14.8. The maximum Gasteiger partial charge on any atom is 0.264 e. The summed E-state index contributed by atoms with van der Waals surface area (Å²) in [5, 5.41) is 3.87. The zero-order valence-corrected chi connectivity index (χ0v) is 28.8. The number of amides is 2. The highest BCUT2D eigenvalue weighted by Crippen LogP contribution is 2.28. The van der Waals surface area contributed by atoms with E-state index in [1.807, 2.05) is 26.0 Å². The summed E-state index contributed by atoms with van der Waals surface area (Å²) in [5.41, 5.74) is 3.00. The number of sulfonamides is 1. The van der Waals surface area contributed by atoms with Crippen LogP contribution in [0.5, 0.6) is 0 Å². The van der Waals surface area contributed by atoms with Crippen molar-refractivity contribution in [2.24, 2.45) is 0 Å². The van der Waals surface area contributed by atoms with Crippen LogP contribution in [-0.4, -0.2) is 43.8 Å². The van der Waals surface area contributed by atoms with Gasteiger partial charge in [0, 0.05) is 12.6 Å². The average molecular weight is 673 g/mol. The molecular formula is C35H43Cl2N3O4S. The van der Waals surface area contributed by atoms with Crippen LogP contribution in [-0.2, 0) is 26.2 Å². The van der Waals surface area contributed by atoms with Crippen LogP contribution >= 0.6 is 23.2 Å². The molecule has 1 aliphatic carbocycles. The Hall–Kier alpha value is -3.07. The lowest BCUT2D eigenvalue weighted by Gasteiger charge is -2.34. The number of nitrogens with one attached hydrogen (secondary N) is 1. The summed E-state index contributed by atoms with van der Waals surface area (Å²) in [6, 6.07) is 18.1. The number of hydrogen-bond acceptors (Lipinski definition) is 4. The summed E-state index contributed by atoms with van der Waals surface area (Å²) in [6.45, 7) is 7.41. The van der Waals surface area contributed by atoms with Crippen molar-refractivity contribution in [3.63, 3.8) is 0 Å². The number of nitrogens with zero attached hydrogens (tertiary/aromatic N) is 2. The molecule has 0 aromatic heterocycles. The van der Waals surface area contributed by atoms with Crippen molar-refractivity contribution in [2.45, 2.75) is 95.7 Å². The minimum absolute atomic E-state index is 0.0526. The van der Waals surface area contributed by atoms with E-state index in [0.29, 0.717) is 27.7 Å². The van der Waals surface area contributed by atoms with E-state index in [9.17, 15) is 18.0 Å². The first-order chi connectivity index (χ1) is 21.4. The van der Waals surface area contributed by atoms with Crippen molar-refractivity contribution in [1.29, 1.82) is 0 Å². The molecular weight excluding hydrogens is 629 g/mol. The third-order valence-electron chi connectivity index (χ3n) is 8.41. The zero-order chi connectivity index (χ0) is 32.7. The van der Waals surface area contributed by atoms with Crippen LogP contribution in [0.3, 0.4) is 0 Å². The number of benzene rings is 3. The molecule has 1 N–H and O–H groups in total. The van der Waals surface area contributed by atoms with Crippen LogP contribution < -0.4 is 9.62 Å². The lowest BCUT2D eigenvalue weighted by atomic mass is 9.95. The molecule has 1 fully saturated rings. The van der Waals surface area contributed by atoms with E-state index in [1.165, 1.54) is 4.90 Å². The molecule has 45 heavy (non-hydrogen) atoms. The number of carbonyl (C=O) groups is 2. The predicted molar refractivity (Wildman–Crippen MR) is 182 cm³/mol. The third kappa shape index (κ3) is 8.81. The van der Waals surface area contributed by atoms with Crippen LogP contribution in [0.25, 0.3) is 0 Å². The van der Waals surface area contributed by atoms with Crippen LogP contribution in [0, 0.1) is 6.92 Å². The summed E-state index contributed by atoms with van der Waals surface area (Å²) in [7, 11) is -4.15. The molecule has 0 saturated heterocycles. The first-order valence-electron chi connectivity index (χ1n) is 15.6. The Morgan fingerprint density at radius 2 is 1.56 bits per heavy atom. The molecule has 1 atom stereocenters. The molecule has 10 heteroatoms. The summed E-state index contributed by atoms with van der Waals surface area (Å²) in [4.78, 5) is 29.6. The lowest BCUT2D eigenvalue weighted by Crippen LogP contribution is -2.54. The van der Waals surface area contributed by atoms with Gasteiger partial charge in [-0.15, -0.1) is 0 Å². The Labute approximate surface area is 278 Å². The summed E-state index contributed by atoms with van der Waals surface area (Å²) in [5.74, 6) is -0.500. The first kappa shape index (κ1) is 34.8. The molecule has 3 aromatic rings. The van der Waals surface area contributed by atoms with Gasteiger partial charge in [0.1, 0.15) is 12.6 Å². The largest absolute Gasteiger partial charge is 0.352 e. The molecule has 242 valence electrons. The molecule has 4 rings (SSSR count). The molecule has 0 spiro atoms. The maximum absolute atomic E-state index is 14.4. The van der Waals surface area contributed by atoms with Crippen molar-refractivity contribution < 1.29 is 18.0 Å². The summed E-state index contributed by atoms with van der Waals surface area (Å²) < 4.78 is 29.4. The van der Waals surface area contributed by atoms with Gasteiger partial charge in [-0.05, 0) is 79.6 Å². The zero-order valence-electron chi connectivity index (χ0n) is 26.4. The predicted octanol–water partition coefficient (Wildman–Crippen LogP) is 7.88. The van der Waals surface area contributed by atoms with E-state index in [-0.39, 0.29) is 29.3 Å². The Morgan fingerprint density at radius 1 is 0.911 bits per heavy atom. The highest BCUT2D eigenvalue weighted by molar-refractivity contribution is 7.92. The second kappa shape index (κ2) is 15.5. The molecule has 0 aliphatic heterocycles. The monoisotopic (exact) mass is 671 g/mol. The number of halogens is 2. The van der Waals surface area contributed by atoms with E-state index in [4.69, 9.17) is 23.2 Å². The van der Waals surface area contributed by atoms with Gasteiger partial charge in [0.05, 0.1) is 20.6 Å². The van der Waals surface area contributed by atoms with Gasteiger partial charge in [0.15, 0.2) is 0 Å². The minimum atomic E-state index is -4.15. The highest BCUT2D eigenvalue weighted by atomic mass is 35.5. The molecule has 3 aromatic carbocycles. The maximum atomic E-state index is 14.4. The van der Waals surface area contributed by atoms with E-state index >= 15 is 0 Å². The Bertz CT molecular complexity index is 1570. The van der Waals surface area contributed by atoms with Gasteiger partial charge in [-0.25, -0.2) is 8.42 Å².